The third kappa shape index (κ3) is 4.06. The number of aliphatic imine (C=N–C) groups is 1. The molecular weight excluding hydrogens is 340 g/mol. The fourth-order valence-corrected chi connectivity index (χ4v) is 3.37. The van der Waals surface area contributed by atoms with Gasteiger partial charge in [0.15, 0.2) is 0 Å². The van der Waals surface area contributed by atoms with Crippen LogP contribution in [0, 0.1) is 0 Å². The van der Waals surface area contributed by atoms with Gasteiger partial charge in [-0.05, 0) is 17.7 Å². The second kappa shape index (κ2) is 8.60. The molecular formula is C21H24N4O2. The van der Waals surface area contributed by atoms with Crippen LogP contribution < -0.4 is 5.73 Å². The van der Waals surface area contributed by atoms with Gasteiger partial charge in [0.05, 0.1) is 18.2 Å². The van der Waals surface area contributed by atoms with E-state index >= 15 is 0 Å². The average molecular weight is 364 g/mol. The van der Waals surface area contributed by atoms with Gasteiger partial charge in [0.25, 0.3) is 0 Å². The topological polar surface area (TPSA) is 91.8 Å². The summed E-state index contributed by atoms with van der Waals surface area (Å²) in [6.07, 6.45) is 4.00. The zero-order chi connectivity index (χ0) is 19.2. The molecule has 27 heavy (non-hydrogen) atoms. The Labute approximate surface area is 159 Å². The molecule has 0 aliphatic carbocycles. The normalized spacial score (nSPS) is 16.4. The molecule has 0 radical (unpaired) electrons. The zero-order valence-electron chi connectivity index (χ0n) is 15.4. The summed E-state index contributed by atoms with van der Waals surface area (Å²) in [5, 5.41) is 9.82. The molecule has 0 saturated heterocycles. The lowest BCUT2D eigenvalue weighted by atomic mass is 9.94. The summed E-state index contributed by atoms with van der Waals surface area (Å²) in [5.41, 5.74) is 10.4. The fraction of sp³-hybridized carbons (Fsp3) is 0.286. The Morgan fingerprint density at radius 2 is 1.96 bits per heavy atom. The van der Waals surface area contributed by atoms with E-state index in [1.165, 1.54) is 0 Å². The van der Waals surface area contributed by atoms with Crippen molar-refractivity contribution in [1.29, 1.82) is 0 Å². The molecule has 1 aromatic carbocycles. The van der Waals surface area contributed by atoms with Crippen LogP contribution in [0.1, 0.15) is 23.5 Å². The molecule has 1 atom stereocenters. The molecule has 6 nitrogen and oxygen atoms in total. The number of benzene rings is 1. The van der Waals surface area contributed by atoms with Crippen LogP contribution in [0.25, 0.3) is 0 Å². The molecule has 140 valence electrons. The summed E-state index contributed by atoms with van der Waals surface area (Å²) in [6.45, 7) is 0.681. The quantitative estimate of drug-likeness (QED) is 0.790. The molecule has 0 fully saturated rings. The van der Waals surface area contributed by atoms with E-state index in [9.17, 15) is 9.90 Å². The monoisotopic (exact) mass is 364 g/mol. The molecule has 1 aromatic heterocycles. The molecule has 2 heterocycles. The van der Waals surface area contributed by atoms with Gasteiger partial charge in [-0.2, -0.15) is 0 Å². The summed E-state index contributed by atoms with van der Waals surface area (Å²) in [5.74, 6) is -0.673. The minimum absolute atomic E-state index is 0.0983. The largest absolute Gasteiger partial charge is 0.402 e. The van der Waals surface area contributed by atoms with Crippen LogP contribution in [0.2, 0.25) is 0 Å². The van der Waals surface area contributed by atoms with Gasteiger partial charge in [0.1, 0.15) is 0 Å². The first-order valence-corrected chi connectivity index (χ1v) is 8.95. The molecule has 1 aliphatic rings. The number of nitrogens with two attached hydrogens (primary N) is 1. The van der Waals surface area contributed by atoms with Crippen LogP contribution in [0.15, 0.2) is 71.1 Å². The maximum atomic E-state index is 13.1. The highest BCUT2D eigenvalue weighted by molar-refractivity contribution is 6.13. The van der Waals surface area contributed by atoms with E-state index in [2.05, 4.69) is 9.98 Å². The van der Waals surface area contributed by atoms with Crippen molar-refractivity contribution in [1.82, 2.24) is 9.88 Å². The molecule has 1 aliphatic heterocycles. The SMILES string of the molecule is CN=C(C1=C(N)CCN(C(=O)C(CO)c2ccccc2)C1)c1ccncc1. The van der Waals surface area contributed by atoms with Crippen molar-refractivity contribution in [2.24, 2.45) is 10.7 Å². The van der Waals surface area contributed by atoms with Crippen molar-refractivity contribution in [2.45, 2.75) is 12.3 Å². The second-order valence-electron chi connectivity index (χ2n) is 6.47. The Kier molecular flexibility index (Phi) is 5.98. The number of carbonyl (C=O) groups excluding carboxylic acids is 1. The summed E-state index contributed by atoms with van der Waals surface area (Å²) in [6, 6.07) is 13.1. The highest BCUT2D eigenvalue weighted by Gasteiger charge is 2.30. The fourth-order valence-electron chi connectivity index (χ4n) is 3.37. The highest BCUT2D eigenvalue weighted by atomic mass is 16.3. The predicted molar refractivity (Wildman–Crippen MR) is 105 cm³/mol. The highest BCUT2D eigenvalue weighted by Crippen LogP contribution is 2.24. The van der Waals surface area contributed by atoms with Gasteiger partial charge in [0.2, 0.25) is 5.91 Å². The van der Waals surface area contributed by atoms with Crippen molar-refractivity contribution >= 4 is 11.6 Å². The zero-order valence-corrected chi connectivity index (χ0v) is 15.4. The van der Waals surface area contributed by atoms with E-state index in [0.29, 0.717) is 19.5 Å². The van der Waals surface area contributed by atoms with Crippen LogP contribution in [0.4, 0.5) is 0 Å². The second-order valence-corrected chi connectivity index (χ2v) is 6.47. The van der Waals surface area contributed by atoms with Crippen LogP contribution in [0.3, 0.4) is 0 Å². The Hall–Kier alpha value is -2.99. The van der Waals surface area contributed by atoms with Crippen molar-refractivity contribution in [2.75, 3.05) is 26.7 Å². The Balaban J connectivity index is 1.85. The number of rotatable bonds is 5. The summed E-state index contributed by atoms with van der Waals surface area (Å²) >= 11 is 0. The smallest absolute Gasteiger partial charge is 0.232 e. The first-order valence-electron chi connectivity index (χ1n) is 8.95. The van der Waals surface area contributed by atoms with Crippen LogP contribution in [-0.2, 0) is 4.79 Å². The number of aromatic nitrogens is 1. The lowest BCUT2D eigenvalue weighted by molar-refractivity contribution is -0.133. The minimum atomic E-state index is -0.574. The molecule has 0 spiro atoms. The summed E-state index contributed by atoms with van der Waals surface area (Å²) in [7, 11) is 1.72. The third-order valence-electron chi connectivity index (χ3n) is 4.85. The van der Waals surface area contributed by atoms with Gasteiger partial charge in [0, 0.05) is 55.8 Å². The van der Waals surface area contributed by atoms with Gasteiger partial charge < -0.3 is 15.7 Å². The van der Waals surface area contributed by atoms with E-state index in [0.717, 1.165) is 28.1 Å². The molecule has 0 saturated carbocycles. The lowest BCUT2D eigenvalue weighted by Crippen LogP contribution is -2.43. The molecule has 1 unspecified atom stereocenters. The molecule has 0 bridgehead atoms. The predicted octanol–water partition coefficient (Wildman–Crippen LogP) is 1.72. The number of aliphatic hydroxyl groups excluding tert-OH is 1. The third-order valence-corrected chi connectivity index (χ3v) is 4.85. The lowest BCUT2D eigenvalue weighted by Gasteiger charge is -2.32. The van der Waals surface area contributed by atoms with Crippen molar-refractivity contribution in [3.8, 4) is 0 Å². The number of nitrogens with zero attached hydrogens (tertiary/aromatic N) is 3. The van der Waals surface area contributed by atoms with Crippen molar-refractivity contribution in [3.63, 3.8) is 0 Å². The average Bonchev–Trinajstić information content (AvgIpc) is 2.72. The van der Waals surface area contributed by atoms with Gasteiger partial charge in [-0.25, -0.2) is 0 Å². The van der Waals surface area contributed by atoms with E-state index in [1.807, 2.05) is 42.5 Å². The number of aliphatic hydroxyl groups is 1. The minimum Gasteiger partial charge on any atom is -0.402 e. The number of amides is 1. The number of hydrogen-bond acceptors (Lipinski definition) is 5. The first kappa shape index (κ1) is 18.8. The Morgan fingerprint density at radius 1 is 1.26 bits per heavy atom. The van der Waals surface area contributed by atoms with Crippen molar-refractivity contribution < 1.29 is 9.90 Å². The van der Waals surface area contributed by atoms with E-state index in [4.69, 9.17) is 5.73 Å². The van der Waals surface area contributed by atoms with Gasteiger partial charge in [-0.15, -0.1) is 0 Å². The molecule has 3 rings (SSSR count). The maximum absolute atomic E-state index is 13.1. The Bertz CT molecular complexity index is 847. The summed E-state index contributed by atoms with van der Waals surface area (Å²) in [4.78, 5) is 23.3. The van der Waals surface area contributed by atoms with E-state index in [-0.39, 0.29) is 12.5 Å². The number of pyridine rings is 1. The van der Waals surface area contributed by atoms with Gasteiger partial charge in [-0.1, -0.05) is 30.3 Å². The number of hydrogen-bond donors (Lipinski definition) is 2. The Morgan fingerprint density at radius 3 is 2.59 bits per heavy atom. The van der Waals surface area contributed by atoms with Crippen LogP contribution >= 0.6 is 0 Å². The van der Waals surface area contributed by atoms with E-state index < -0.39 is 5.92 Å². The first-order chi connectivity index (χ1) is 13.2. The maximum Gasteiger partial charge on any atom is 0.232 e. The van der Waals surface area contributed by atoms with Gasteiger partial charge >= 0.3 is 0 Å². The molecule has 1 amide bonds. The van der Waals surface area contributed by atoms with Crippen LogP contribution in [0.5, 0.6) is 0 Å². The van der Waals surface area contributed by atoms with Crippen molar-refractivity contribution in [3.05, 3.63) is 77.3 Å². The molecule has 3 N–H and O–H groups in total. The van der Waals surface area contributed by atoms with Gasteiger partial charge in [-0.3, -0.25) is 14.8 Å². The van der Waals surface area contributed by atoms with E-state index in [1.54, 1.807) is 24.3 Å². The standard InChI is InChI=1S/C21H24N4O2/c1-23-20(16-7-10-24-11-8-16)17-13-25(12-9-19(17)22)21(27)18(14-26)15-5-3-2-4-6-15/h2-8,10-11,18,26H,9,12-14,22H2,1H3. The number of carbonyl (C=O) groups is 1. The van der Waals surface area contributed by atoms with Crippen LogP contribution in [-0.4, -0.2) is 53.4 Å². The summed E-state index contributed by atoms with van der Waals surface area (Å²) < 4.78 is 0. The molecule has 2 aromatic rings. The molecule has 6 heteroatoms.